The lowest BCUT2D eigenvalue weighted by atomic mass is 10.1. The van der Waals surface area contributed by atoms with Crippen LogP contribution >= 0.6 is 0 Å². The van der Waals surface area contributed by atoms with Crippen LogP contribution in [0.2, 0.25) is 0 Å². The molecule has 0 amide bonds. The lowest BCUT2D eigenvalue weighted by molar-refractivity contribution is 0.0601. The summed E-state index contributed by atoms with van der Waals surface area (Å²) in [6.07, 6.45) is 7.50. The molecule has 0 spiro atoms. The third kappa shape index (κ3) is 8.02. The molecule has 1 aromatic carbocycles. The standard InChI is InChI=1S/C17H27NO4S/c1-3-4-5-6-7-8-9-13-23(20,21)18-16-12-10-11-15(14-16)17(19)22-2/h10-12,14,18H,3-9,13H2,1-2H3. The number of carbonyl (C=O) groups excluding carboxylic acids is 1. The van der Waals surface area contributed by atoms with Gasteiger partial charge in [0, 0.05) is 5.69 Å². The number of esters is 1. The van der Waals surface area contributed by atoms with Crippen LogP contribution in [-0.4, -0.2) is 27.2 Å². The molecule has 1 aromatic rings. The van der Waals surface area contributed by atoms with Gasteiger partial charge < -0.3 is 4.74 Å². The normalized spacial score (nSPS) is 11.2. The number of hydrogen-bond donors (Lipinski definition) is 1. The van der Waals surface area contributed by atoms with Crippen LogP contribution in [0.3, 0.4) is 0 Å². The smallest absolute Gasteiger partial charge is 0.337 e. The van der Waals surface area contributed by atoms with Gasteiger partial charge in [-0.25, -0.2) is 13.2 Å². The lowest BCUT2D eigenvalue weighted by Gasteiger charge is -2.09. The van der Waals surface area contributed by atoms with Crippen molar-refractivity contribution in [2.24, 2.45) is 0 Å². The second kappa shape index (κ2) is 10.3. The van der Waals surface area contributed by atoms with Crippen LogP contribution in [-0.2, 0) is 14.8 Å². The second-order valence-electron chi connectivity index (χ2n) is 5.61. The molecule has 0 saturated heterocycles. The molecule has 0 fully saturated rings. The van der Waals surface area contributed by atoms with Crippen LogP contribution < -0.4 is 4.72 Å². The predicted molar refractivity (Wildman–Crippen MR) is 93.2 cm³/mol. The van der Waals surface area contributed by atoms with Crippen LogP contribution in [0.15, 0.2) is 24.3 Å². The molecule has 1 N–H and O–H groups in total. The van der Waals surface area contributed by atoms with Crippen LogP contribution in [0.1, 0.15) is 62.2 Å². The maximum absolute atomic E-state index is 12.1. The van der Waals surface area contributed by atoms with E-state index in [1.165, 1.54) is 38.9 Å². The van der Waals surface area contributed by atoms with E-state index in [9.17, 15) is 13.2 Å². The van der Waals surface area contributed by atoms with Crippen molar-refractivity contribution in [2.45, 2.75) is 51.9 Å². The van der Waals surface area contributed by atoms with Gasteiger partial charge in [0.15, 0.2) is 0 Å². The van der Waals surface area contributed by atoms with Gasteiger partial charge in [-0.05, 0) is 24.6 Å². The van der Waals surface area contributed by atoms with Gasteiger partial charge in [-0.3, -0.25) is 4.72 Å². The zero-order valence-corrected chi connectivity index (χ0v) is 14.8. The van der Waals surface area contributed by atoms with Crippen molar-refractivity contribution in [3.8, 4) is 0 Å². The fourth-order valence-electron chi connectivity index (χ4n) is 2.31. The fourth-order valence-corrected chi connectivity index (χ4v) is 3.48. The Morgan fingerprint density at radius 3 is 2.39 bits per heavy atom. The molecule has 1 rings (SSSR count). The highest BCUT2D eigenvalue weighted by Gasteiger charge is 2.12. The number of hydrogen-bond acceptors (Lipinski definition) is 4. The van der Waals surface area contributed by atoms with Crippen molar-refractivity contribution in [2.75, 3.05) is 17.6 Å². The summed E-state index contributed by atoms with van der Waals surface area (Å²) in [4.78, 5) is 11.5. The Labute approximate surface area is 139 Å². The van der Waals surface area contributed by atoms with Crippen LogP contribution in [0.4, 0.5) is 5.69 Å². The summed E-state index contributed by atoms with van der Waals surface area (Å²) in [6.45, 7) is 2.17. The molecular formula is C17H27NO4S. The number of sulfonamides is 1. The van der Waals surface area contributed by atoms with Gasteiger partial charge in [-0.15, -0.1) is 0 Å². The van der Waals surface area contributed by atoms with Crippen molar-refractivity contribution in [1.82, 2.24) is 0 Å². The number of ether oxygens (including phenoxy) is 1. The van der Waals surface area contributed by atoms with Gasteiger partial charge in [0.1, 0.15) is 0 Å². The molecule has 0 atom stereocenters. The Morgan fingerprint density at radius 1 is 1.09 bits per heavy atom. The first-order valence-corrected chi connectivity index (χ1v) is 9.82. The topological polar surface area (TPSA) is 72.5 Å². The van der Waals surface area contributed by atoms with Crippen LogP contribution in [0.25, 0.3) is 0 Å². The number of rotatable bonds is 11. The van der Waals surface area contributed by atoms with E-state index in [0.29, 0.717) is 17.7 Å². The van der Waals surface area contributed by atoms with Gasteiger partial charge in [0.25, 0.3) is 0 Å². The summed E-state index contributed by atoms with van der Waals surface area (Å²) in [5.74, 6) is -0.387. The average molecular weight is 341 g/mol. The molecule has 0 aromatic heterocycles. The Balaban J connectivity index is 2.41. The minimum Gasteiger partial charge on any atom is -0.465 e. The van der Waals surface area contributed by atoms with E-state index < -0.39 is 16.0 Å². The summed E-state index contributed by atoms with van der Waals surface area (Å²) in [5, 5.41) is 0. The predicted octanol–water partition coefficient (Wildman–Crippen LogP) is 3.97. The first-order valence-electron chi connectivity index (χ1n) is 8.17. The maximum Gasteiger partial charge on any atom is 0.337 e. The van der Waals surface area contributed by atoms with E-state index in [4.69, 9.17) is 0 Å². The molecule has 0 unspecified atom stereocenters. The number of benzene rings is 1. The van der Waals surface area contributed by atoms with Gasteiger partial charge in [0.05, 0.1) is 18.4 Å². The highest BCUT2D eigenvalue weighted by molar-refractivity contribution is 7.92. The molecular weight excluding hydrogens is 314 g/mol. The molecule has 0 radical (unpaired) electrons. The average Bonchev–Trinajstić information content (AvgIpc) is 2.53. The largest absolute Gasteiger partial charge is 0.465 e. The zero-order chi connectivity index (χ0) is 17.1. The first kappa shape index (κ1) is 19.5. The molecule has 0 aliphatic rings. The first-order chi connectivity index (χ1) is 11.0. The van der Waals surface area contributed by atoms with Crippen LogP contribution in [0.5, 0.6) is 0 Å². The number of methoxy groups -OCH3 is 1. The van der Waals surface area contributed by atoms with E-state index in [-0.39, 0.29) is 5.75 Å². The summed E-state index contributed by atoms with van der Waals surface area (Å²) >= 11 is 0. The molecule has 130 valence electrons. The lowest BCUT2D eigenvalue weighted by Crippen LogP contribution is -2.17. The van der Waals surface area contributed by atoms with Gasteiger partial charge in [-0.1, -0.05) is 51.5 Å². The Hall–Kier alpha value is -1.56. The number of anilines is 1. The fraction of sp³-hybridized carbons (Fsp3) is 0.588. The molecule has 0 bridgehead atoms. The highest BCUT2D eigenvalue weighted by atomic mass is 32.2. The minimum atomic E-state index is -3.38. The Morgan fingerprint density at radius 2 is 1.74 bits per heavy atom. The quantitative estimate of drug-likeness (QED) is 0.488. The summed E-state index contributed by atoms with van der Waals surface area (Å²) in [5.41, 5.74) is 0.708. The van der Waals surface area contributed by atoms with E-state index >= 15 is 0 Å². The van der Waals surface area contributed by atoms with Crippen molar-refractivity contribution in [3.63, 3.8) is 0 Å². The maximum atomic E-state index is 12.1. The second-order valence-corrected chi connectivity index (χ2v) is 7.46. The SMILES string of the molecule is CCCCCCCCCS(=O)(=O)Nc1cccc(C(=O)OC)c1. The number of unbranched alkanes of at least 4 members (excludes halogenated alkanes) is 6. The van der Waals surface area contributed by atoms with Crippen LogP contribution in [0, 0.1) is 0 Å². The molecule has 23 heavy (non-hydrogen) atoms. The monoisotopic (exact) mass is 341 g/mol. The number of carbonyl (C=O) groups is 1. The van der Waals surface area contributed by atoms with Gasteiger partial charge in [-0.2, -0.15) is 0 Å². The van der Waals surface area contributed by atoms with Crippen molar-refractivity contribution >= 4 is 21.7 Å². The summed E-state index contributed by atoms with van der Waals surface area (Å²) in [6, 6.07) is 6.31. The number of nitrogens with one attached hydrogen (secondary N) is 1. The molecule has 5 nitrogen and oxygen atoms in total. The Kier molecular flexibility index (Phi) is 8.69. The third-order valence-electron chi connectivity index (χ3n) is 3.57. The highest BCUT2D eigenvalue weighted by Crippen LogP contribution is 2.14. The molecule has 6 heteroatoms. The van der Waals surface area contributed by atoms with Crippen molar-refractivity contribution < 1.29 is 17.9 Å². The minimum absolute atomic E-state index is 0.100. The van der Waals surface area contributed by atoms with E-state index in [0.717, 1.165) is 12.8 Å². The van der Waals surface area contributed by atoms with E-state index in [1.54, 1.807) is 18.2 Å². The van der Waals surface area contributed by atoms with Crippen molar-refractivity contribution in [3.05, 3.63) is 29.8 Å². The van der Waals surface area contributed by atoms with Gasteiger partial charge in [0.2, 0.25) is 10.0 Å². The molecule has 0 heterocycles. The molecule has 0 saturated carbocycles. The van der Waals surface area contributed by atoms with E-state index in [1.807, 2.05) is 0 Å². The van der Waals surface area contributed by atoms with E-state index in [2.05, 4.69) is 16.4 Å². The third-order valence-corrected chi connectivity index (χ3v) is 4.95. The Bertz CT molecular complexity index is 584. The molecule has 0 aliphatic heterocycles. The summed E-state index contributed by atoms with van der Waals surface area (Å²) < 4.78 is 31.3. The summed E-state index contributed by atoms with van der Waals surface area (Å²) in [7, 11) is -2.09. The van der Waals surface area contributed by atoms with Crippen molar-refractivity contribution in [1.29, 1.82) is 0 Å². The zero-order valence-electron chi connectivity index (χ0n) is 14.0. The van der Waals surface area contributed by atoms with Gasteiger partial charge >= 0.3 is 5.97 Å². The molecule has 0 aliphatic carbocycles.